The first-order chi connectivity index (χ1) is 16.0. The molecular weight excluding hydrogens is 440 g/mol. The summed E-state index contributed by atoms with van der Waals surface area (Å²) in [5, 5.41) is 6.55. The van der Waals surface area contributed by atoms with Crippen LogP contribution in [0.2, 0.25) is 5.02 Å². The van der Waals surface area contributed by atoms with Crippen LogP contribution in [0.1, 0.15) is 31.2 Å². The van der Waals surface area contributed by atoms with E-state index in [9.17, 15) is 9.59 Å². The summed E-state index contributed by atoms with van der Waals surface area (Å²) in [4.78, 5) is 31.7. The van der Waals surface area contributed by atoms with Gasteiger partial charge in [-0.05, 0) is 49.9 Å². The highest BCUT2D eigenvalue weighted by Crippen LogP contribution is 2.34. The number of nitrogens with one attached hydrogen (secondary N) is 2. The lowest BCUT2D eigenvalue weighted by Crippen LogP contribution is -2.49. The molecule has 2 amide bonds. The second-order valence-electron chi connectivity index (χ2n) is 8.96. The average Bonchev–Trinajstić information content (AvgIpc) is 2.85. The quantitative estimate of drug-likeness (QED) is 0.649. The molecule has 0 saturated carbocycles. The number of amides is 2. The Morgan fingerprint density at radius 1 is 1.15 bits per heavy atom. The molecule has 1 atom stereocenters. The lowest BCUT2D eigenvalue weighted by molar-refractivity contribution is -0.126. The van der Waals surface area contributed by atoms with Crippen molar-refractivity contribution in [3.8, 4) is 0 Å². The van der Waals surface area contributed by atoms with Crippen LogP contribution < -0.4 is 10.6 Å². The molecule has 2 aliphatic heterocycles. The van der Waals surface area contributed by atoms with Gasteiger partial charge in [0.2, 0.25) is 11.8 Å². The minimum absolute atomic E-state index is 0.00257. The molecule has 1 aromatic carbocycles. The fourth-order valence-electron chi connectivity index (χ4n) is 4.74. The molecule has 8 heteroatoms. The Bertz CT molecular complexity index is 932. The third kappa shape index (κ3) is 6.31. The molecule has 0 aliphatic carbocycles. The summed E-state index contributed by atoms with van der Waals surface area (Å²) < 4.78 is 5.59. The number of nitrogens with zero attached hydrogens (tertiary/aromatic N) is 2. The number of aromatic nitrogens is 1. The van der Waals surface area contributed by atoms with Gasteiger partial charge in [0.15, 0.2) is 0 Å². The van der Waals surface area contributed by atoms with Gasteiger partial charge in [-0.1, -0.05) is 41.9 Å². The van der Waals surface area contributed by atoms with E-state index >= 15 is 0 Å². The van der Waals surface area contributed by atoms with Crippen LogP contribution in [0, 0.1) is 5.92 Å². The zero-order chi connectivity index (χ0) is 23.1. The average molecular weight is 471 g/mol. The highest BCUT2D eigenvalue weighted by Gasteiger charge is 2.35. The van der Waals surface area contributed by atoms with Crippen molar-refractivity contribution in [3.63, 3.8) is 0 Å². The number of rotatable bonds is 7. The molecule has 0 spiro atoms. The van der Waals surface area contributed by atoms with E-state index in [4.69, 9.17) is 16.3 Å². The van der Waals surface area contributed by atoms with Crippen molar-refractivity contribution in [1.29, 1.82) is 0 Å². The Kier molecular flexibility index (Phi) is 7.96. The van der Waals surface area contributed by atoms with Crippen LogP contribution >= 0.6 is 11.6 Å². The Hall–Kier alpha value is -2.48. The standard InChI is InChI=1S/C25H31ClN4O3/c26-21-8-9-22(27-15-21)29-24(32)19-5-4-12-30(16-19)17-23(31)28-18-25(10-13-33-14-11-25)20-6-2-1-3-7-20/h1-3,6-9,15,19H,4-5,10-14,16-18H2,(H,28,31)(H,27,29,32). The molecular formula is C25H31ClN4O3. The molecule has 3 heterocycles. The van der Waals surface area contributed by atoms with E-state index in [0.29, 0.717) is 43.7 Å². The zero-order valence-electron chi connectivity index (χ0n) is 18.8. The molecule has 0 radical (unpaired) electrons. The number of benzene rings is 1. The zero-order valence-corrected chi connectivity index (χ0v) is 19.5. The first-order valence-corrected chi connectivity index (χ1v) is 12.0. The van der Waals surface area contributed by atoms with Crippen LogP contribution in [0.4, 0.5) is 5.82 Å². The van der Waals surface area contributed by atoms with E-state index < -0.39 is 0 Å². The Morgan fingerprint density at radius 3 is 2.67 bits per heavy atom. The van der Waals surface area contributed by atoms with Crippen LogP contribution in [-0.2, 0) is 19.7 Å². The number of likely N-dealkylation sites (tertiary alicyclic amines) is 1. The van der Waals surface area contributed by atoms with E-state index in [1.54, 1.807) is 12.1 Å². The number of pyridine rings is 1. The third-order valence-corrected chi connectivity index (χ3v) is 6.91. The van der Waals surface area contributed by atoms with Gasteiger partial charge in [-0.3, -0.25) is 14.5 Å². The molecule has 2 aromatic rings. The van der Waals surface area contributed by atoms with Crippen molar-refractivity contribution in [3.05, 3.63) is 59.2 Å². The van der Waals surface area contributed by atoms with Gasteiger partial charge in [-0.2, -0.15) is 0 Å². The lowest BCUT2D eigenvalue weighted by atomic mass is 9.74. The number of hydrogen-bond acceptors (Lipinski definition) is 5. The van der Waals surface area contributed by atoms with E-state index in [-0.39, 0.29) is 23.1 Å². The number of hydrogen-bond donors (Lipinski definition) is 2. The van der Waals surface area contributed by atoms with E-state index in [2.05, 4.69) is 32.7 Å². The maximum Gasteiger partial charge on any atom is 0.234 e. The molecule has 1 unspecified atom stereocenters. The number of carbonyl (C=O) groups excluding carboxylic acids is 2. The fourth-order valence-corrected chi connectivity index (χ4v) is 4.85. The second kappa shape index (κ2) is 11.1. The molecule has 2 saturated heterocycles. The minimum Gasteiger partial charge on any atom is -0.381 e. The van der Waals surface area contributed by atoms with Crippen molar-refractivity contribution < 1.29 is 14.3 Å². The SMILES string of the molecule is O=C(CN1CCCC(C(=O)Nc2ccc(Cl)cn2)C1)NCC1(c2ccccc2)CCOCC1. The lowest BCUT2D eigenvalue weighted by Gasteiger charge is -2.38. The maximum absolute atomic E-state index is 12.8. The highest BCUT2D eigenvalue weighted by molar-refractivity contribution is 6.30. The smallest absolute Gasteiger partial charge is 0.234 e. The van der Waals surface area contributed by atoms with Crippen LogP contribution in [0.5, 0.6) is 0 Å². The molecule has 33 heavy (non-hydrogen) atoms. The van der Waals surface area contributed by atoms with Gasteiger partial charge in [0.05, 0.1) is 17.5 Å². The first-order valence-electron chi connectivity index (χ1n) is 11.6. The van der Waals surface area contributed by atoms with E-state index in [1.165, 1.54) is 11.8 Å². The summed E-state index contributed by atoms with van der Waals surface area (Å²) in [6.07, 6.45) is 4.97. The van der Waals surface area contributed by atoms with Crippen LogP contribution in [0.3, 0.4) is 0 Å². The monoisotopic (exact) mass is 470 g/mol. The van der Waals surface area contributed by atoms with Crippen LogP contribution in [-0.4, -0.2) is 61.1 Å². The second-order valence-corrected chi connectivity index (χ2v) is 9.40. The summed E-state index contributed by atoms with van der Waals surface area (Å²) in [5.41, 5.74) is 1.16. The summed E-state index contributed by atoms with van der Waals surface area (Å²) >= 11 is 5.86. The molecule has 0 bridgehead atoms. The summed E-state index contributed by atoms with van der Waals surface area (Å²) in [6.45, 7) is 3.68. The Morgan fingerprint density at radius 2 is 1.94 bits per heavy atom. The van der Waals surface area contributed by atoms with Gasteiger partial charge in [0.1, 0.15) is 5.82 Å². The fraction of sp³-hybridized carbons (Fsp3) is 0.480. The van der Waals surface area contributed by atoms with Gasteiger partial charge >= 0.3 is 0 Å². The molecule has 176 valence electrons. The highest BCUT2D eigenvalue weighted by atomic mass is 35.5. The summed E-state index contributed by atoms with van der Waals surface area (Å²) in [6, 6.07) is 13.8. The number of halogens is 1. The van der Waals surface area contributed by atoms with Gasteiger partial charge in [0.25, 0.3) is 0 Å². The molecule has 1 aromatic heterocycles. The van der Waals surface area contributed by atoms with Gasteiger partial charge in [-0.15, -0.1) is 0 Å². The minimum atomic E-state index is -0.171. The van der Waals surface area contributed by atoms with E-state index in [1.807, 2.05) is 18.2 Å². The van der Waals surface area contributed by atoms with Crippen LogP contribution in [0.25, 0.3) is 0 Å². The Labute approximate surface area is 199 Å². The summed E-state index contributed by atoms with van der Waals surface area (Å²) in [5.74, 6) is 0.245. The van der Waals surface area contributed by atoms with Crippen molar-refractivity contribution in [1.82, 2.24) is 15.2 Å². The molecule has 7 nitrogen and oxygen atoms in total. The van der Waals surface area contributed by atoms with Gasteiger partial charge in [0, 0.05) is 37.9 Å². The first kappa shape index (κ1) is 23.7. The molecule has 2 aliphatic rings. The predicted octanol–water partition coefficient (Wildman–Crippen LogP) is 3.25. The Balaban J connectivity index is 1.29. The van der Waals surface area contributed by atoms with Gasteiger partial charge in [-0.25, -0.2) is 4.98 Å². The normalized spacial score (nSPS) is 20.7. The van der Waals surface area contributed by atoms with E-state index in [0.717, 1.165) is 32.2 Å². The van der Waals surface area contributed by atoms with Crippen molar-refractivity contribution >= 4 is 29.2 Å². The van der Waals surface area contributed by atoms with Crippen molar-refractivity contribution in [2.45, 2.75) is 31.1 Å². The number of anilines is 1. The molecule has 2 fully saturated rings. The number of carbonyl (C=O) groups is 2. The van der Waals surface area contributed by atoms with Gasteiger partial charge < -0.3 is 15.4 Å². The predicted molar refractivity (Wildman–Crippen MR) is 128 cm³/mol. The van der Waals surface area contributed by atoms with Crippen LogP contribution in [0.15, 0.2) is 48.7 Å². The number of piperidine rings is 1. The van der Waals surface area contributed by atoms with Crippen molar-refractivity contribution in [2.24, 2.45) is 5.92 Å². The maximum atomic E-state index is 12.8. The third-order valence-electron chi connectivity index (χ3n) is 6.68. The summed E-state index contributed by atoms with van der Waals surface area (Å²) in [7, 11) is 0. The molecule has 2 N–H and O–H groups in total. The topological polar surface area (TPSA) is 83.6 Å². The largest absolute Gasteiger partial charge is 0.381 e. The van der Waals surface area contributed by atoms with Crippen molar-refractivity contribution in [2.75, 3.05) is 44.7 Å². The molecule has 4 rings (SSSR count). The number of ether oxygens (including phenoxy) is 1.